The van der Waals surface area contributed by atoms with Gasteiger partial charge in [-0.05, 0) is 133 Å². The smallest absolute Gasteiger partial charge is 0.509 e. The van der Waals surface area contributed by atoms with Crippen LogP contribution in [0.25, 0.3) is 77.5 Å². The van der Waals surface area contributed by atoms with Gasteiger partial charge in [0, 0.05) is 34.9 Å². The van der Waals surface area contributed by atoms with Crippen molar-refractivity contribution in [2.24, 2.45) is 0 Å². The largest absolute Gasteiger partial charge is 2.00 e. The van der Waals surface area contributed by atoms with E-state index in [1.807, 2.05) is 24.5 Å². The number of fused-ring (bicyclic) bond motifs is 6. The van der Waals surface area contributed by atoms with Gasteiger partial charge in [-0.1, -0.05) is 82.8 Å². The second kappa shape index (κ2) is 14.6. The molecule has 0 aliphatic heterocycles. The van der Waals surface area contributed by atoms with Crippen molar-refractivity contribution in [3.05, 3.63) is 179 Å². The minimum Gasteiger partial charge on any atom is -0.509 e. The third kappa shape index (κ3) is 6.22. The molecule has 0 aliphatic carbocycles. The van der Waals surface area contributed by atoms with Crippen LogP contribution in [0.5, 0.6) is 11.5 Å². The number of nitrogens with zero attached hydrogens (tertiary/aromatic N) is 4. The van der Waals surface area contributed by atoms with E-state index in [1.165, 1.54) is 44.5 Å². The number of hydrogen-bond donors (Lipinski definition) is 0. The van der Waals surface area contributed by atoms with E-state index >= 15 is 0 Å². The van der Waals surface area contributed by atoms with E-state index in [0.717, 1.165) is 66.4 Å². The summed E-state index contributed by atoms with van der Waals surface area (Å²) in [6, 6.07) is 50.0. The van der Waals surface area contributed by atoms with Crippen LogP contribution < -0.4 is 4.74 Å². The SMILES string of the molecule is Cc1cc(C)c(-c2ccnc(-n3c4[c-]c(Oc5[c-]c6c(cc5)c5ccccc5n6-c5cc(-c6c(C)cc(C)cc6C)ccn5)ccc4c4ccccc43)c2)c(C)c1.[Pt+2]. The summed E-state index contributed by atoms with van der Waals surface area (Å²) in [5.41, 5.74) is 16.2. The molecule has 4 heterocycles. The number of para-hydroxylation sites is 2. The summed E-state index contributed by atoms with van der Waals surface area (Å²) in [5, 5.41) is 4.43. The van der Waals surface area contributed by atoms with Crippen molar-refractivity contribution in [3.63, 3.8) is 0 Å². The third-order valence-electron chi connectivity index (χ3n) is 11.2. The van der Waals surface area contributed by atoms with Crippen LogP contribution in [0, 0.1) is 53.7 Å². The zero-order valence-electron chi connectivity index (χ0n) is 33.2. The van der Waals surface area contributed by atoms with Crippen LogP contribution in [0.4, 0.5) is 0 Å². The maximum Gasteiger partial charge on any atom is 2.00 e. The third-order valence-corrected chi connectivity index (χ3v) is 11.2. The number of pyridine rings is 2. The molecule has 10 aromatic rings. The van der Waals surface area contributed by atoms with E-state index in [4.69, 9.17) is 14.7 Å². The van der Waals surface area contributed by atoms with Crippen LogP contribution >= 0.6 is 0 Å². The van der Waals surface area contributed by atoms with Crippen LogP contribution in [0.1, 0.15) is 33.4 Å². The minimum atomic E-state index is 0. The molecule has 0 amide bonds. The van der Waals surface area contributed by atoms with Crippen LogP contribution in [0.3, 0.4) is 0 Å². The van der Waals surface area contributed by atoms with Crippen LogP contribution in [0.15, 0.2) is 134 Å². The second-order valence-corrected chi connectivity index (χ2v) is 15.3. The normalized spacial score (nSPS) is 11.5. The van der Waals surface area contributed by atoms with E-state index in [0.29, 0.717) is 11.5 Å². The fourth-order valence-corrected chi connectivity index (χ4v) is 9.12. The molecule has 58 heavy (non-hydrogen) atoms. The Morgan fingerprint density at radius 1 is 0.448 bits per heavy atom. The van der Waals surface area contributed by atoms with Gasteiger partial charge in [-0.2, -0.15) is 12.1 Å². The fraction of sp³-hybridized carbons (Fsp3) is 0.115. The van der Waals surface area contributed by atoms with Gasteiger partial charge in [0.1, 0.15) is 11.6 Å². The number of benzene rings is 6. The zero-order chi connectivity index (χ0) is 38.9. The maximum atomic E-state index is 6.66. The summed E-state index contributed by atoms with van der Waals surface area (Å²) in [4.78, 5) is 9.84. The maximum absolute atomic E-state index is 6.66. The topological polar surface area (TPSA) is 44.9 Å². The molecular weight excluding hydrogens is 892 g/mol. The van der Waals surface area contributed by atoms with Crippen LogP contribution in [-0.2, 0) is 21.1 Å². The number of rotatable bonds is 6. The standard InChI is InChI=1S/C52H40N4O.Pt/c1-31-23-33(3)51(34(4)24-31)37-19-21-53-49(27-37)55-45-13-9-7-11-41(45)43-17-15-39(29-47(43)55)57-40-16-18-44-42-12-8-10-14-46(42)56(48(44)30-40)50-28-38(20-22-54-50)52-35(5)25-32(2)26-36(52)6;/h7-28H,1-6H3;/q-2;+2. The quantitative estimate of drug-likeness (QED) is 0.156. The summed E-state index contributed by atoms with van der Waals surface area (Å²) in [6.45, 7) is 13.0. The molecule has 0 bridgehead atoms. The van der Waals surface area contributed by atoms with Crippen LogP contribution in [0.2, 0.25) is 0 Å². The Hall–Kier alpha value is -6.29. The van der Waals surface area contributed by atoms with Crippen molar-refractivity contribution in [1.82, 2.24) is 19.1 Å². The summed E-state index contributed by atoms with van der Waals surface area (Å²) in [7, 11) is 0. The Labute approximate surface area is 352 Å². The Bertz CT molecular complexity index is 2980. The van der Waals surface area contributed by atoms with Gasteiger partial charge < -0.3 is 13.9 Å². The molecule has 5 nitrogen and oxygen atoms in total. The summed E-state index contributed by atoms with van der Waals surface area (Å²) >= 11 is 0. The molecule has 0 saturated heterocycles. The van der Waals surface area contributed by atoms with E-state index in [9.17, 15) is 0 Å². The monoisotopic (exact) mass is 931 g/mol. The number of aryl methyl sites for hydroxylation is 6. The molecule has 0 atom stereocenters. The molecule has 0 spiro atoms. The first kappa shape index (κ1) is 37.3. The van der Waals surface area contributed by atoms with E-state index < -0.39 is 0 Å². The summed E-state index contributed by atoms with van der Waals surface area (Å²) < 4.78 is 11.1. The summed E-state index contributed by atoms with van der Waals surface area (Å²) in [5.74, 6) is 2.85. The molecule has 0 radical (unpaired) electrons. The number of aromatic nitrogens is 4. The zero-order valence-corrected chi connectivity index (χ0v) is 35.5. The van der Waals surface area contributed by atoms with Gasteiger partial charge in [-0.15, -0.1) is 35.0 Å². The van der Waals surface area contributed by atoms with Crippen molar-refractivity contribution in [1.29, 1.82) is 0 Å². The van der Waals surface area contributed by atoms with Crippen LogP contribution in [-0.4, -0.2) is 19.1 Å². The minimum absolute atomic E-state index is 0. The predicted molar refractivity (Wildman–Crippen MR) is 234 cm³/mol. The molecule has 0 saturated carbocycles. The van der Waals surface area contributed by atoms with E-state index in [1.54, 1.807) is 0 Å². The molecule has 6 aromatic carbocycles. The van der Waals surface area contributed by atoms with Gasteiger partial charge in [-0.3, -0.25) is 0 Å². The molecule has 4 aromatic heterocycles. The molecule has 284 valence electrons. The van der Waals surface area contributed by atoms with Gasteiger partial charge in [0.15, 0.2) is 0 Å². The summed E-state index contributed by atoms with van der Waals surface area (Å²) in [6.07, 6.45) is 3.81. The van der Waals surface area contributed by atoms with Gasteiger partial charge in [0.25, 0.3) is 0 Å². The van der Waals surface area contributed by atoms with Gasteiger partial charge in [0.05, 0.1) is 0 Å². The average molecular weight is 932 g/mol. The first-order valence-corrected chi connectivity index (χ1v) is 19.4. The van der Waals surface area contributed by atoms with Gasteiger partial charge in [0.2, 0.25) is 0 Å². The molecule has 0 fully saturated rings. The Kier molecular flexibility index (Phi) is 9.37. The van der Waals surface area contributed by atoms with Crippen molar-refractivity contribution < 1.29 is 25.8 Å². The van der Waals surface area contributed by atoms with Crippen molar-refractivity contribution >= 4 is 43.6 Å². The van der Waals surface area contributed by atoms with Gasteiger partial charge in [-0.25, -0.2) is 9.97 Å². The predicted octanol–water partition coefficient (Wildman–Crippen LogP) is 13.2. The van der Waals surface area contributed by atoms with Crippen molar-refractivity contribution in [2.75, 3.05) is 0 Å². The van der Waals surface area contributed by atoms with E-state index in [2.05, 4.69) is 172 Å². The molecule has 10 rings (SSSR count). The number of ether oxygens (including phenoxy) is 1. The molecular formula is C52H40N4OPt. The Morgan fingerprint density at radius 2 is 0.845 bits per heavy atom. The molecule has 0 N–H and O–H groups in total. The van der Waals surface area contributed by atoms with Crippen molar-refractivity contribution in [3.8, 4) is 45.4 Å². The number of hydrogen-bond acceptors (Lipinski definition) is 3. The second-order valence-electron chi connectivity index (χ2n) is 15.3. The molecule has 6 heteroatoms. The van der Waals surface area contributed by atoms with Crippen molar-refractivity contribution in [2.45, 2.75) is 41.5 Å². The average Bonchev–Trinajstić information content (AvgIpc) is 3.69. The van der Waals surface area contributed by atoms with E-state index in [-0.39, 0.29) is 21.1 Å². The molecule has 0 aliphatic rings. The first-order valence-electron chi connectivity index (χ1n) is 19.4. The molecule has 0 unspecified atom stereocenters. The first-order chi connectivity index (χ1) is 27.7. The Balaban J connectivity index is 0.00000436. The Morgan fingerprint density at radius 3 is 1.26 bits per heavy atom. The fourth-order valence-electron chi connectivity index (χ4n) is 9.12. The van der Waals surface area contributed by atoms with Gasteiger partial charge >= 0.3 is 21.1 Å².